The Labute approximate surface area is 134 Å². The summed E-state index contributed by atoms with van der Waals surface area (Å²) in [6, 6.07) is 11.4. The summed E-state index contributed by atoms with van der Waals surface area (Å²) in [5.41, 5.74) is 2.23. The van der Waals surface area contributed by atoms with Crippen LogP contribution in [0.4, 0.5) is 0 Å². The summed E-state index contributed by atoms with van der Waals surface area (Å²) in [7, 11) is 1.63. The number of hydrogen-bond acceptors (Lipinski definition) is 2. The Balaban J connectivity index is 1.94. The monoisotopic (exact) mass is 322 g/mol. The summed E-state index contributed by atoms with van der Waals surface area (Å²) in [5, 5.41) is 12.1. The van der Waals surface area contributed by atoms with Crippen LogP contribution in [0.2, 0.25) is 10.0 Å². The molecule has 21 heavy (non-hydrogen) atoms. The first kappa shape index (κ1) is 14.7. The van der Waals surface area contributed by atoms with E-state index in [1.807, 2.05) is 30.3 Å². The van der Waals surface area contributed by atoms with Crippen molar-refractivity contribution in [2.75, 3.05) is 7.11 Å². The molecule has 2 aromatic carbocycles. The maximum atomic E-state index is 11.0. The molecule has 2 aromatic rings. The third kappa shape index (κ3) is 2.76. The average molecular weight is 323 g/mol. The molecule has 0 amide bonds. The number of ether oxygens (including phenoxy) is 1. The van der Waals surface area contributed by atoms with Crippen LogP contribution >= 0.6 is 23.2 Å². The van der Waals surface area contributed by atoms with E-state index in [9.17, 15) is 5.11 Å². The van der Waals surface area contributed by atoms with Gasteiger partial charge in [-0.1, -0.05) is 35.3 Å². The molecular formula is C17H16Cl2O2. The summed E-state index contributed by atoms with van der Waals surface area (Å²) in [6.45, 7) is 0. The summed E-state index contributed by atoms with van der Waals surface area (Å²) in [5.74, 6) is 0.767. The average Bonchev–Trinajstić information content (AvgIpc) is 2.80. The minimum absolute atomic E-state index is 0.515. The minimum Gasteiger partial charge on any atom is -0.497 e. The van der Waals surface area contributed by atoms with Crippen LogP contribution < -0.4 is 4.74 Å². The quantitative estimate of drug-likeness (QED) is 0.908. The van der Waals surface area contributed by atoms with Gasteiger partial charge in [-0.15, -0.1) is 0 Å². The summed E-state index contributed by atoms with van der Waals surface area (Å²) < 4.78 is 5.27. The molecule has 1 aliphatic carbocycles. The molecule has 0 spiro atoms. The fourth-order valence-electron chi connectivity index (χ4n) is 2.98. The summed E-state index contributed by atoms with van der Waals surface area (Å²) in [6.07, 6.45) is 2.09. The van der Waals surface area contributed by atoms with Crippen LogP contribution in [0.5, 0.6) is 5.75 Å². The van der Waals surface area contributed by atoms with E-state index in [2.05, 4.69) is 0 Å². The van der Waals surface area contributed by atoms with Gasteiger partial charge in [0.05, 0.1) is 22.8 Å². The molecule has 0 heterocycles. The van der Waals surface area contributed by atoms with Gasteiger partial charge in [-0.3, -0.25) is 0 Å². The lowest BCUT2D eigenvalue weighted by atomic mass is 9.88. The second kappa shape index (κ2) is 5.53. The lowest BCUT2D eigenvalue weighted by Gasteiger charge is -2.24. The van der Waals surface area contributed by atoms with Gasteiger partial charge >= 0.3 is 0 Å². The second-order valence-electron chi connectivity index (χ2n) is 5.48. The highest BCUT2D eigenvalue weighted by Crippen LogP contribution is 2.41. The molecule has 0 saturated heterocycles. The maximum Gasteiger partial charge on any atom is 0.119 e. The number of methoxy groups -OCH3 is 1. The van der Waals surface area contributed by atoms with Gasteiger partial charge in [0.15, 0.2) is 0 Å². The topological polar surface area (TPSA) is 29.5 Å². The Morgan fingerprint density at radius 1 is 1.14 bits per heavy atom. The maximum absolute atomic E-state index is 11.0. The first-order valence-corrected chi connectivity index (χ1v) is 7.61. The molecule has 0 saturated carbocycles. The lowest BCUT2D eigenvalue weighted by Crippen LogP contribution is -2.25. The Bertz CT molecular complexity index is 684. The van der Waals surface area contributed by atoms with Crippen LogP contribution in [0, 0.1) is 0 Å². The molecule has 0 radical (unpaired) electrons. The minimum atomic E-state index is -0.874. The van der Waals surface area contributed by atoms with Crippen LogP contribution in [-0.4, -0.2) is 12.2 Å². The molecule has 1 atom stereocenters. The molecule has 0 aliphatic heterocycles. The van der Waals surface area contributed by atoms with Crippen molar-refractivity contribution in [2.45, 2.75) is 24.9 Å². The van der Waals surface area contributed by atoms with Crippen molar-refractivity contribution in [3.63, 3.8) is 0 Å². The van der Waals surface area contributed by atoms with Crippen molar-refractivity contribution in [2.24, 2.45) is 0 Å². The summed E-state index contributed by atoms with van der Waals surface area (Å²) >= 11 is 12.0. The number of aliphatic hydroxyl groups is 1. The number of halogens is 2. The number of rotatable bonds is 3. The van der Waals surface area contributed by atoms with Crippen molar-refractivity contribution >= 4 is 23.2 Å². The van der Waals surface area contributed by atoms with Gasteiger partial charge in [-0.05, 0) is 53.8 Å². The molecule has 1 aliphatic rings. The zero-order valence-electron chi connectivity index (χ0n) is 11.7. The molecular weight excluding hydrogens is 307 g/mol. The van der Waals surface area contributed by atoms with Gasteiger partial charge in [0, 0.05) is 6.42 Å². The van der Waals surface area contributed by atoms with Gasteiger partial charge in [-0.25, -0.2) is 0 Å². The van der Waals surface area contributed by atoms with E-state index in [0.717, 1.165) is 23.3 Å². The highest BCUT2D eigenvalue weighted by molar-refractivity contribution is 6.42. The Kier molecular flexibility index (Phi) is 3.87. The Hall–Kier alpha value is -1.22. The normalized spacial score (nSPS) is 20.4. The van der Waals surface area contributed by atoms with E-state index >= 15 is 0 Å². The number of fused-ring (bicyclic) bond motifs is 1. The predicted octanol–water partition coefficient (Wildman–Crippen LogP) is 4.38. The molecule has 3 rings (SSSR count). The first-order valence-electron chi connectivity index (χ1n) is 6.85. The van der Waals surface area contributed by atoms with E-state index in [1.165, 1.54) is 5.56 Å². The Morgan fingerprint density at radius 3 is 2.67 bits per heavy atom. The smallest absolute Gasteiger partial charge is 0.119 e. The molecule has 4 heteroatoms. The lowest BCUT2D eigenvalue weighted by molar-refractivity contribution is 0.0388. The Morgan fingerprint density at radius 2 is 1.95 bits per heavy atom. The first-order chi connectivity index (χ1) is 10.0. The van der Waals surface area contributed by atoms with Crippen molar-refractivity contribution in [3.8, 4) is 5.75 Å². The molecule has 0 aromatic heterocycles. The van der Waals surface area contributed by atoms with Crippen molar-refractivity contribution < 1.29 is 9.84 Å². The van der Waals surface area contributed by atoms with Gasteiger partial charge in [0.25, 0.3) is 0 Å². The van der Waals surface area contributed by atoms with Crippen LogP contribution in [0.3, 0.4) is 0 Å². The largest absolute Gasteiger partial charge is 0.497 e. The van der Waals surface area contributed by atoms with E-state index in [4.69, 9.17) is 27.9 Å². The molecule has 2 nitrogen and oxygen atoms in total. The fourth-order valence-corrected chi connectivity index (χ4v) is 3.30. The van der Waals surface area contributed by atoms with Gasteiger partial charge in [0.1, 0.15) is 5.75 Å². The number of hydrogen-bond donors (Lipinski definition) is 1. The van der Waals surface area contributed by atoms with Crippen molar-refractivity contribution in [1.29, 1.82) is 0 Å². The third-order valence-corrected chi connectivity index (χ3v) is 4.85. The van der Waals surface area contributed by atoms with Crippen molar-refractivity contribution in [1.82, 2.24) is 0 Å². The highest BCUT2D eigenvalue weighted by Gasteiger charge is 2.37. The standard InChI is InChI=1S/C17H16Cl2O2/c1-21-13-4-3-12-6-7-17(20,14(12)9-13)10-11-2-5-15(18)16(19)8-11/h2-5,8-9,20H,6-7,10H2,1H3. The third-order valence-electron chi connectivity index (χ3n) is 4.11. The molecule has 1 unspecified atom stereocenters. The molecule has 1 N–H and O–H groups in total. The van der Waals surface area contributed by atoms with E-state index in [1.54, 1.807) is 13.2 Å². The van der Waals surface area contributed by atoms with Gasteiger partial charge < -0.3 is 9.84 Å². The fraction of sp³-hybridized carbons (Fsp3) is 0.294. The molecule has 110 valence electrons. The highest BCUT2D eigenvalue weighted by atomic mass is 35.5. The van der Waals surface area contributed by atoms with Gasteiger partial charge in [0.2, 0.25) is 0 Å². The van der Waals surface area contributed by atoms with Crippen LogP contribution in [0.25, 0.3) is 0 Å². The van der Waals surface area contributed by atoms with Crippen LogP contribution in [0.15, 0.2) is 36.4 Å². The molecule has 0 fully saturated rings. The van der Waals surface area contributed by atoms with E-state index in [0.29, 0.717) is 22.9 Å². The summed E-state index contributed by atoms with van der Waals surface area (Å²) in [4.78, 5) is 0. The predicted molar refractivity (Wildman–Crippen MR) is 85.4 cm³/mol. The van der Waals surface area contributed by atoms with Crippen LogP contribution in [-0.2, 0) is 18.4 Å². The second-order valence-corrected chi connectivity index (χ2v) is 6.29. The number of benzene rings is 2. The van der Waals surface area contributed by atoms with E-state index < -0.39 is 5.60 Å². The zero-order chi connectivity index (χ0) is 15.0. The van der Waals surface area contributed by atoms with Gasteiger partial charge in [-0.2, -0.15) is 0 Å². The SMILES string of the molecule is COc1ccc2c(c1)C(O)(Cc1ccc(Cl)c(Cl)c1)CC2. The van der Waals surface area contributed by atoms with Crippen molar-refractivity contribution in [3.05, 3.63) is 63.1 Å². The zero-order valence-corrected chi connectivity index (χ0v) is 13.2. The molecule has 0 bridgehead atoms. The number of aryl methyl sites for hydroxylation is 1. The van der Waals surface area contributed by atoms with E-state index in [-0.39, 0.29) is 0 Å². The van der Waals surface area contributed by atoms with Crippen LogP contribution in [0.1, 0.15) is 23.1 Å².